The van der Waals surface area contributed by atoms with Crippen molar-refractivity contribution in [2.75, 3.05) is 17.2 Å². The van der Waals surface area contributed by atoms with Crippen molar-refractivity contribution in [1.29, 1.82) is 0 Å². The molecule has 1 aromatic heterocycles. The zero-order valence-electron chi connectivity index (χ0n) is 12.9. The minimum atomic E-state index is -0.250. The average molecular weight is 330 g/mol. The monoisotopic (exact) mass is 330 g/mol. The van der Waals surface area contributed by atoms with Gasteiger partial charge in [-0.05, 0) is 18.1 Å². The minimum Gasteiger partial charge on any atom is -0.364 e. The summed E-state index contributed by atoms with van der Waals surface area (Å²) < 4.78 is 0. The molecule has 0 radical (unpaired) electrons. The van der Waals surface area contributed by atoms with Crippen molar-refractivity contribution in [3.05, 3.63) is 41.4 Å². The number of aromatic nitrogens is 1. The van der Waals surface area contributed by atoms with Crippen molar-refractivity contribution < 1.29 is 9.59 Å². The van der Waals surface area contributed by atoms with E-state index >= 15 is 0 Å². The van der Waals surface area contributed by atoms with Gasteiger partial charge in [0.05, 0.1) is 5.56 Å². The Morgan fingerprint density at radius 3 is 2.91 bits per heavy atom. The van der Waals surface area contributed by atoms with Crippen LogP contribution in [0.2, 0.25) is 0 Å². The maximum atomic E-state index is 12.8. The summed E-state index contributed by atoms with van der Waals surface area (Å²) in [6.45, 7) is 4.03. The number of thiazole rings is 1. The fourth-order valence-electron chi connectivity index (χ4n) is 2.61. The highest BCUT2D eigenvalue weighted by molar-refractivity contribution is 7.13. The number of hydrogen-bond acceptors (Lipinski definition) is 5. The number of amides is 2. The first-order chi connectivity index (χ1) is 11.1. The van der Waals surface area contributed by atoms with Crippen LogP contribution in [0.1, 0.15) is 24.2 Å². The standard InChI is InChI=1S/C16H18N4O2S/c1-10(2)14-18-12-6-4-3-5-11(12)15(22)20(14)9-13(21)19-16-17-7-8-23-16/h3-8,10,14,18H,9H2,1-2H3,(H,17,19,21). The van der Waals surface area contributed by atoms with Crippen LogP contribution in [0, 0.1) is 5.92 Å². The first kappa shape index (κ1) is 15.5. The molecular formula is C16H18N4O2S. The van der Waals surface area contributed by atoms with Crippen molar-refractivity contribution in [1.82, 2.24) is 9.88 Å². The molecule has 1 aliphatic heterocycles. The topological polar surface area (TPSA) is 74.3 Å². The van der Waals surface area contributed by atoms with Gasteiger partial charge in [-0.2, -0.15) is 0 Å². The van der Waals surface area contributed by atoms with E-state index in [2.05, 4.69) is 15.6 Å². The molecule has 2 aromatic rings. The van der Waals surface area contributed by atoms with E-state index in [1.54, 1.807) is 22.5 Å². The Kier molecular flexibility index (Phi) is 4.29. The SMILES string of the molecule is CC(C)C1Nc2ccccc2C(=O)N1CC(=O)Nc1nccs1. The summed E-state index contributed by atoms with van der Waals surface area (Å²) in [5.41, 5.74) is 1.40. The molecule has 0 saturated carbocycles. The third-order valence-corrected chi connectivity index (χ3v) is 4.37. The van der Waals surface area contributed by atoms with Crippen LogP contribution in [-0.2, 0) is 4.79 Å². The predicted octanol–water partition coefficient (Wildman–Crippen LogP) is 2.63. The first-order valence-corrected chi connectivity index (χ1v) is 8.30. The van der Waals surface area contributed by atoms with Crippen LogP contribution in [0.25, 0.3) is 0 Å². The van der Waals surface area contributed by atoms with Gasteiger partial charge >= 0.3 is 0 Å². The van der Waals surface area contributed by atoms with Gasteiger partial charge in [0.25, 0.3) is 5.91 Å². The quantitative estimate of drug-likeness (QED) is 0.904. The van der Waals surface area contributed by atoms with Gasteiger partial charge in [0, 0.05) is 17.3 Å². The van der Waals surface area contributed by atoms with Crippen molar-refractivity contribution >= 4 is 34.0 Å². The van der Waals surface area contributed by atoms with Gasteiger partial charge in [-0.1, -0.05) is 26.0 Å². The smallest absolute Gasteiger partial charge is 0.258 e. The molecule has 120 valence electrons. The Labute approximate surface area is 138 Å². The number of carbonyl (C=O) groups excluding carboxylic acids is 2. The Morgan fingerprint density at radius 1 is 1.43 bits per heavy atom. The minimum absolute atomic E-state index is 0.0113. The second-order valence-electron chi connectivity index (χ2n) is 5.70. The molecule has 23 heavy (non-hydrogen) atoms. The molecule has 2 amide bonds. The van der Waals surface area contributed by atoms with E-state index in [1.807, 2.05) is 32.0 Å². The number of fused-ring (bicyclic) bond motifs is 1. The lowest BCUT2D eigenvalue weighted by molar-refractivity contribution is -0.117. The number of hydrogen-bond donors (Lipinski definition) is 2. The normalized spacial score (nSPS) is 16.9. The van der Waals surface area contributed by atoms with Crippen molar-refractivity contribution in [3.8, 4) is 0 Å². The molecule has 0 spiro atoms. The third-order valence-electron chi connectivity index (χ3n) is 3.68. The van der Waals surface area contributed by atoms with Gasteiger partial charge in [0.15, 0.2) is 5.13 Å². The fraction of sp³-hybridized carbons (Fsp3) is 0.312. The van der Waals surface area contributed by atoms with Crippen LogP contribution in [0.15, 0.2) is 35.8 Å². The first-order valence-electron chi connectivity index (χ1n) is 7.42. The zero-order chi connectivity index (χ0) is 16.4. The number of carbonyl (C=O) groups is 2. The molecule has 2 heterocycles. The Bertz CT molecular complexity index is 715. The molecule has 3 rings (SSSR count). The molecule has 0 bridgehead atoms. The zero-order valence-corrected chi connectivity index (χ0v) is 13.8. The fourth-order valence-corrected chi connectivity index (χ4v) is 3.15. The van der Waals surface area contributed by atoms with Gasteiger partial charge in [-0.25, -0.2) is 4.98 Å². The molecule has 1 aliphatic rings. The predicted molar refractivity (Wildman–Crippen MR) is 90.5 cm³/mol. The highest BCUT2D eigenvalue weighted by Gasteiger charge is 2.34. The molecule has 1 aromatic carbocycles. The van der Waals surface area contributed by atoms with E-state index in [0.717, 1.165) is 5.69 Å². The van der Waals surface area contributed by atoms with Gasteiger partial charge in [0.1, 0.15) is 12.7 Å². The van der Waals surface area contributed by atoms with E-state index < -0.39 is 0 Å². The molecule has 0 saturated heterocycles. The largest absolute Gasteiger partial charge is 0.364 e. The van der Waals surface area contributed by atoms with Gasteiger partial charge in [0.2, 0.25) is 5.91 Å². The van der Waals surface area contributed by atoms with Crippen molar-refractivity contribution in [3.63, 3.8) is 0 Å². The number of nitrogens with zero attached hydrogens (tertiary/aromatic N) is 2. The van der Waals surface area contributed by atoms with Crippen LogP contribution in [0.5, 0.6) is 0 Å². The lowest BCUT2D eigenvalue weighted by atomic mass is 10.0. The van der Waals surface area contributed by atoms with Crippen LogP contribution < -0.4 is 10.6 Å². The van der Waals surface area contributed by atoms with Gasteiger partial charge in [-0.3, -0.25) is 9.59 Å². The molecule has 2 N–H and O–H groups in total. The molecule has 1 atom stereocenters. The molecule has 0 aliphatic carbocycles. The maximum absolute atomic E-state index is 12.8. The summed E-state index contributed by atoms with van der Waals surface area (Å²) >= 11 is 1.35. The van der Waals surface area contributed by atoms with Crippen LogP contribution >= 0.6 is 11.3 Å². The number of anilines is 2. The molecule has 0 fully saturated rings. The summed E-state index contributed by atoms with van der Waals surface area (Å²) in [6, 6.07) is 7.37. The van der Waals surface area contributed by atoms with Crippen LogP contribution in [-0.4, -0.2) is 34.4 Å². The lowest BCUT2D eigenvalue weighted by Crippen LogP contribution is -2.53. The third kappa shape index (κ3) is 3.19. The Hall–Kier alpha value is -2.41. The molecule has 6 nitrogen and oxygen atoms in total. The van der Waals surface area contributed by atoms with E-state index in [0.29, 0.717) is 10.7 Å². The summed E-state index contributed by atoms with van der Waals surface area (Å²) in [4.78, 5) is 30.6. The highest BCUT2D eigenvalue weighted by atomic mass is 32.1. The number of nitrogens with one attached hydrogen (secondary N) is 2. The maximum Gasteiger partial charge on any atom is 0.258 e. The summed E-state index contributed by atoms with van der Waals surface area (Å²) in [6.07, 6.45) is 1.40. The summed E-state index contributed by atoms with van der Waals surface area (Å²) in [5, 5.41) is 8.40. The number of benzene rings is 1. The number of rotatable bonds is 4. The van der Waals surface area contributed by atoms with E-state index in [4.69, 9.17) is 0 Å². The number of para-hydroxylation sites is 1. The van der Waals surface area contributed by atoms with E-state index in [-0.39, 0.29) is 30.4 Å². The Morgan fingerprint density at radius 2 is 2.22 bits per heavy atom. The van der Waals surface area contributed by atoms with Crippen LogP contribution in [0.3, 0.4) is 0 Å². The average Bonchev–Trinajstić information content (AvgIpc) is 3.02. The lowest BCUT2D eigenvalue weighted by Gasteiger charge is -2.39. The summed E-state index contributed by atoms with van der Waals surface area (Å²) in [5.74, 6) is -0.215. The molecule has 1 unspecified atom stereocenters. The van der Waals surface area contributed by atoms with Gasteiger partial charge in [-0.15, -0.1) is 11.3 Å². The second kappa shape index (κ2) is 6.37. The van der Waals surface area contributed by atoms with E-state index in [1.165, 1.54) is 11.3 Å². The van der Waals surface area contributed by atoms with Crippen molar-refractivity contribution in [2.24, 2.45) is 5.92 Å². The van der Waals surface area contributed by atoms with Crippen LogP contribution in [0.4, 0.5) is 10.8 Å². The van der Waals surface area contributed by atoms with E-state index in [9.17, 15) is 9.59 Å². The second-order valence-corrected chi connectivity index (χ2v) is 6.59. The Balaban J connectivity index is 1.81. The highest BCUT2D eigenvalue weighted by Crippen LogP contribution is 2.28. The molecular weight excluding hydrogens is 312 g/mol. The molecule has 7 heteroatoms. The summed E-state index contributed by atoms with van der Waals surface area (Å²) in [7, 11) is 0. The van der Waals surface area contributed by atoms with Gasteiger partial charge < -0.3 is 15.5 Å². The van der Waals surface area contributed by atoms with Crippen molar-refractivity contribution in [2.45, 2.75) is 20.0 Å².